The molecular weight excluding hydrogens is 292 g/mol. The Bertz CT molecular complexity index is 700. The zero-order chi connectivity index (χ0) is 16.4. The largest absolute Gasteiger partial charge is 0.367 e. The first-order valence-electron chi connectivity index (χ1n) is 8.05. The van der Waals surface area contributed by atoms with Crippen LogP contribution >= 0.6 is 0 Å². The highest BCUT2D eigenvalue weighted by Gasteiger charge is 2.31. The fourth-order valence-electron chi connectivity index (χ4n) is 3.01. The highest BCUT2D eigenvalue weighted by atomic mass is 16.5. The molecule has 2 aromatic rings. The van der Waals surface area contributed by atoms with Crippen LogP contribution in [0.4, 0.5) is 0 Å². The molecule has 1 unspecified atom stereocenters. The number of benzene rings is 1. The molecule has 0 saturated carbocycles. The summed E-state index contributed by atoms with van der Waals surface area (Å²) in [5, 5.41) is 12.0. The minimum absolute atomic E-state index is 0.0980. The summed E-state index contributed by atoms with van der Waals surface area (Å²) in [4.78, 5) is 12.6. The van der Waals surface area contributed by atoms with Crippen LogP contribution in [0.5, 0.6) is 0 Å². The molecule has 1 aromatic carbocycles. The fourth-order valence-corrected chi connectivity index (χ4v) is 3.01. The molecule has 1 aromatic heterocycles. The van der Waals surface area contributed by atoms with Gasteiger partial charge in [-0.25, -0.2) is 0 Å². The Morgan fingerprint density at radius 1 is 1.43 bits per heavy atom. The molecule has 1 saturated heterocycles. The summed E-state index contributed by atoms with van der Waals surface area (Å²) < 4.78 is 7.49. The second kappa shape index (κ2) is 6.29. The number of hydrogen-bond acceptors (Lipinski definition) is 4. The molecule has 1 fully saturated rings. The monoisotopic (exact) mass is 316 g/mol. The van der Waals surface area contributed by atoms with Crippen LogP contribution in [0.3, 0.4) is 0 Å². The number of carbonyl (C=O) groups is 1. The zero-order valence-electron chi connectivity index (χ0n) is 13.9. The molecule has 1 aliphatic rings. The van der Waals surface area contributed by atoms with Gasteiger partial charge in [-0.15, -0.1) is 0 Å². The van der Waals surface area contributed by atoms with Crippen molar-refractivity contribution in [1.29, 1.82) is 0 Å². The average molecular weight is 316 g/mol. The lowest BCUT2D eigenvalue weighted by atomic mass is 9.97. The van der Waals surface area contributed by atoms with E-state index in [0.29, 0.717) is 13.2 Å². The summed E-state index contributed by atoms with van der Waals surface area (Å²) in [6.45, 7) is 5.99. The standard InChI is InChI=1S/C17H24N4O2/c1-17(2,19-16(22)14-11-18-9-6-10-23-14)15-12-7-4-5-8-13(12)21(3)20-15/h4-5,7-8,14,18H,6,9-11H2,1-3H3,(H,19,22). The van der Waals surface area contributed by atoms with E-state index < -0.39 is 11.6 Å². The van der Waals surface area contributed by atoms with E-state index >= 15 is 0 Å². The molecule has 2 heterocycles. The minimum atomic E-state index is -0.576. The number of nitrogens with zero attached hydrogens (tertiary/aromatic N) is 2. The maximum Gasteiger partial charge on any atom is 0.251 e. The normalized spacial score (nSPS) is 19.5. The highest BCUT2D eigenvalue weighted by Crippen LogP contribution is 2.27. The Balaban J connectivity index is 1.84. The van der Waals surface area contributed by atoms with Crippen LogP contribution in [0.2, 0.25) is 0 Å². The van der Waals surface area contributed by atoms with E-state index in [2.05, 4.69) is 15.7 Å². The maximum atomic E-state index is 12.6. The lowest BCUT2D eigenvalue weighted by molar-refractivity contribution is -0.133. The van der Waals surface area contributed by atoms with Gasteiger partial charge in [0.2, 0.25) is 0 Å². The molecule has 2 N–H and O–H groups in total. The van der Waals surface area contributed by atoms with Gasteiger partial charge in [-0.05, 0) is 32.9 Å². The topological polar surface area (TPSA) is 68.2 Å². The molecule has 0 aliphatic carbocycles. The molecule has 23 heavy (non-hydrogen) atoms. The summed E-state index contributed by atoms with van der Waals surface area (Å²) in [6, 6.07) is 8.05. The highest BCUT2D eigenvalue weighted by molar-refractivity contribution is 5.85. The van der Waals surface area contributed by atoms with E-state index in [1.165, 1.54) is 0 Å². The number of hydrogen-bond donors (Lipinski definition) is 2. The number of fused-ring (bicyclic) bond motifs is 1. The minimum Gasteiger partial charge on any atom is -0.367 e. The van der Waals surface area contributed by atoms with Gasteiger partial charge in [-0.3, -0.25) is 9.48 Å². The van der Waals surface area contributed by atoms with E-state index in [0.717, 1.165) is 29.6 Å². The van der Waals surface area contributed by atoms with Crippen molar-refractivity contribution in [2.75, 3.05) is 19.7 Å². The second-order valence-electron chi connectivity index (χ2n) is 6.52. The van der Waals surface area contributed by atoms with Gasteiger partial charge >= 0.3 is 0 Å². The third kappa shape index (κ3) is 3.23. The van der Waals surface area contributed by atoms with Gasteiger partial charge in [0, 0.05) is 25.6 Å². The number of nitrogens with one attached hydrogen (secondary N) is 2. The van der Waals surface area contributed by atoms with Gasteiger partial charge in [0.1, 0.15) is 6.10 Å². The number of aromatic nitrogens is 2. The Kier molecular flexibility index (Phi) is 4.37. The summed E-state index contributed by atoms with van der Waals surface area (Å²) >= 11 is 0. The van der Waals surface area contributed by atoms with Crippen molar-refractivity contribution < 1.29 is 9.53 Å². The molecule has 0 radical (unpaired) electrons. The van der Waals surface area contributed by atoms with Gasteiger partial charge in [0.05, 0.1) is 16.7 Å². The van der Waals surface area contributed by atoms with E-state index in [-0.39, 0.29) is 5.91 Å². The van der Waals surface area contributed by atoms with Gasteiger partial charge in [0.15, 0.2) is 0 Å². The van der Waals surface area contributed by atoms with Gasteiger partial charge in [0.25, 0.3) is 5.91 Å². The third-order valence-corrected chi connectivity index (χ3v) is 4.22. The van der Waals surface area contributed by atoms with Gasteiger partial charge in [-0.1, -0.05) is 18.2 Å². The maximum absolute atomic E-state index is 12.6. The van der Waals surface area contributed by atoms with Crippen LogP contribution in [0.15, 0.2) is 24.3 Å². The molecule has 1 amide bonds. The van der Waals surface area contributed by atoms with Crippen molar-refractivity contribution >= 4 is 16.8 Å². The number of rotatable bonds is 3. The van der Waals surface area contributed by atoms with Crippen LogP contribution in [-0.4, -0.2) is 41.5 Å². The number of para-hydroxylation sites is 1. The average Bonchev–Trinajstić information content (AvgIpc) is 2.72. The number of ether oxygens (including phenoxy) is 1. The van der Waals surface area contributed by atoms with Crippen molar-refractivity contribution in [2.24, 2.45) is 7.05 Å². The van der Waals surface area contributed by atoms with E-state index in [1.807, 2.05) is 49.8 Å². The Morgan fingerprint density at radius 3 is 3.04 bits per heavy atom. The van der Waals surface area contributed by atoms with Crippen molar-refractivity contribution in [3.8, 4) is 0 Å². The summed E-state index contributed by atoms with van der Waals surface area (Å²) in [5.74, 6) is -0.0980. The number of carbonyl (C=O) groups excluding carboxylic acids is 1. The smallest absolute Gasteiger partial charge is 0.251 e. The predicted octanol–water partition coefficient (Wildman–Crippen LogP) is 1.30. The molecule has 6 nitrogen and oxygen atoms in total. The van der Waals surface area contributed by atoms with Crippen molar-refractivity contribution in [3.05, 3.63) is 30.0 Å². The molecule has 1 atom stereocenters. The zero-order valence-corrected chi connectivity index (χ0v) is 13.9. The summed E-state index contributed by atoms with van der Waals surface area (Å²) in [5.41, 5.74) is 1.34. The van der Waals surface area contributed by atoms with Crippen molar-refractivity contribution in [1.82, 2.24) is 20.4 Å². The third-order valence-electron chi connectivity index (χ3n) is 4.22. The Hall–Kier alpha value is -1.92. The molecule has 0 spiro atoms. The Labute approximate surface area is 136 Å². The summed E-state index contributed by atoms with van der Waals surface area (Å²) in [6.07, 6.45) is 0.477. The van der Waals surface area contributed by atoms with Crippen LogP contribution < -0.4 is 10.6 Å². The van der Waals surface area contributed by atoms with E-state index in [4.69, 9.17) is 4.74 Å². The second-order valence-corrected chi connectivity index (χ2v) is 6.52. The SMILES string of the molecule is Cn1nc(C(C)(C)NC(=O)C2CNCCCO2)c2ccccc21. The predicted molar refractivity (Wildman–Crippen MR) is 89.1 cm³/mol. The molecule has 124 valence electrons. The lowest BCUT2D eigenvalue weighted by Crippen LogP contribution is -2.49. The summed E-state index contributed by atoms with van der Waals surface area (Å²) in [7, 11) is 1.92. The fraction of sp³-hybridized carbons (Fsp3) is 0.529. The van der Waals surface area contributed by atoms with E-state index in [9.17, 15) is 4.79 Å². The van der Waals surface area contributed by atoms with Gasteiger partial charge < -0.3 is 15.4 Å². The molecule has 0 bridgehead atoms. The molecule has 6 heteroatoms. The van der Waals surface area contributed by atoms with E-state index in [1.54, 1.807) is 0 Å². The molecule has 1 aliphatic heterocycles. The van der Waals surface area contributed by atoms with Crippen molar-refractivity contribution in [2.45, 2.75) is 31.9 Å². The Morgan fingerprint density at radius 2 is 2.22 bits per heavy atom. The van der Waals surface area contributed by atoms with Crippen LogP contribution in [0.25, 0.3) is 10.9 Å². The number of aryl methyl sites for hydroxylation is 1. The van der Waals surface area contributed by atoms with Crippen LogP contribution in [0, 0.1) is 0 Å². The van der Waals surface area contributed by atoms with Crippen LogP contribution in [0.1, 0.15) is 26.0 Å². The quantitative estimate of drug-likeness (QED) is 0.896. The molecule has 3 rings (SSSR count). The number of amides is 1. The lowest BCUT2D eigenvalue weighted by Gasteiger charge is -2.27. The first kappa shape index (κ1) is 16.0. The molecular formula is C17H24N4O2. The first-order valence-corrected chi connectivity index (χ1v) is 8.05. The van der Waals surface area contributed by atoms with Crippen molar-refractivity contribution in [3.63, 3.8) is 0 Å². The van der Waals surface area contributed by atoms with Gasteiger partial charge in [-0.2, -0.15) is 5.10 Å². The van der Waals surface area contributed by atoms with Crippen LogP contribution in [-0.2, 0) is 22.1 Å². The first-order chi connectivity index (χ1) is 11.0.